The fourth-order valence-electron chi connectivity index (χ4n) is 2.53. The van der Waals surface area contributed by atoms with Gasteiger partial charge in [-0.2, -0.15) is 23.3 Å². The molecule has 1 amide bonds. The number of carbonyl (C=O) groups excluding carboxylic acids is 1. The number of hydrogen-bond donors (Lipinski definition) is 1. The van der Waals surface area contributed by atoms with E-state index in [4.69, 9.17) is 23.2 Å². The van der Waals surface area contributed by atoms with Gasteiger partial charge >= 0.3 is 6.18 Å². The second kappa shape index (κ2) is 6.57. The van der Waals surface area contributed by atoms with E-state index in [1.54, 1.807) is 0 Å². The van der Waals surface area contributed by atoms with Crippen molar-refractivity contribution in [3.05, 3.63) is 69.7 Å². The molecule has 2 aromatic carbocycles. The van der Waals surface area contributed by atoms with Crippen molar-refractivity contribution in [2.24, 2.45) is 5.10 Å². The monoisotopic (exact) mass is 402 g/mol. The number of nitrogens with zero attached hydrogens (tertiary/aromatic N) is 2. The van der Waals surface area contributed by atoms with E-state index in [0.717, 1.165) is 0 Å². The van der Waals surface area contributed by atoms with Gasteiger partial charge in [-0.05, 0) is 29.8 Å². The van der Waals surface area contributed by atoms with E-state index in [-0.39, 0.29) is 21.3 Å². The number of alkyl halides is 3. The highest BCUT2D eigenvalue weighted by molar-refractivity contribution is 6.34. The lowest BCUT2D eigenvalue weighted by molar-refractivity contribution is -0.297. The largest absolute Gasteiger partial charge is 0.438 e. The average Bonchev–Trinajstić information content (AvgIpc) is 2.94. The molecule has 9 heteroatoms. The van der Waals surface area contributed by atoms with Crippen LogP contribution in [-0.2, 0) is 0 Å². The van der Waals surface area contributed by atoms with Gasteiger partial charge in [-0.1, -0.05) is 47.5 Å². The molecule has 0 spiro atoms. The molecular formula is C17H11Cl2F3N2O2. The average molecular weight is 403 g/mol. The Morgan fingerprint density at radius 3 is 2.31 bits per heavy atom. The summed E-state index contributed by atoms with van der Waals surface area (Å²) < 4.78 is 40.7. The molecule has 1 heterocycles. The van der Waals surface area contributed by atoms with Gasteiger partial charge in [-0.3, -0.25) is 4.79 Å². The molecule has 0 saturated carbocycles. The molecule has 1 aliphatic heterocycles. The molecule has 0 bridgehead atoms. The molecule has 0 unspecified atom stereocenters. The summed E-state index contributed by atoms with van der Waals surface area (Å²) in [4.78, 5) is 12.6. The van der Waals surface area contributed by atoms with Crippen molar-refractivity contribution in [3.8, 4) is 0 Å². The van der Waals surface area contributed by atoms with Crippen molar-refractivity contribution in [1.29, 1.82) is 0 Å². The number of aliphatic hydroxyl groups is 1. The molecule has 4 nitrogen and oxygen atoms in total. The summed E-state index contributed by atoms with van der Waals surface area (Å²) in [5.41, 5.74) is -3.45. The number of amides is 1. The summed E-state index contributed by atoms with van der Waals surface area (Å²) in [7, 11) is 0. The Kier molecular flexibility index (Phi) is 4.72. The van der Waals surface area contributed by atoms with Gasteiger partial charge in [0.2, 0.25) is 0 Å². The van der Waals surface area contributed by atoms with Crippen molar-refractivity contribution >= 4 is 34.8 Å². The summed E-state index contributed by atoms with van der Waals surface area (Å²) >= 11 is 11.7. The molecule has 0 saturated heterocycles. The number of hydrazone groups is 1. The lowest BCUT2D eigenvalue weighted by Gasteiger charge is -2.32. The SMILES string of the molecule is O=C(c1ccccc1Cl)N1N=C(c2ccc(Cl)cc2)C[C@@]1(O)C(F)(F)F. The summed E-state index contributed by atoms with van der Waals surface area (Å²) in [6.45, 7) is 0. The van der Waals surface area contributed by atoms with Crippen LogP contribution in [0.5, 0.6) is 0 Å². The third-order valence-electron chi connectivity index (χ3n) is 3.91. The Morgan fingerprint density at radius 1 is 1.12 bits per heavy atom. The first-order chi connectivity index (χ1) is 12.1. The van der Waals surface area contributed by atoms with E-state index >= 15 is 0 Å². The standard InChI is InChI=1S/C17H11Cl2F3N2O2/c18-11-7-5-10(6-8-11)14-9-16(26,17(20,21)22)24(23-14)15(25)12-3-1-2-4-13(12)19/h1-8,26H,9H2/t16-/m1/s1. The Balaban J connectivity index is 2.07. The molecule has 2 aromatic rings. The van der Waals surface area contributed by atoms with Crippen molar-refractivity contribution in [3.63, 3.8) is 0 Å². The summed E-state index contributed by atoms with van der Waals surface area (Å²) in [5.74, 6) is -1.15. The van der Waals surface area contributed by atoms with Crippen molar-refractivity contribution < 1.29 is 23.1 Å². The van der Waals surface area contributed by atoms with E-state index in [1.165, 1.54) is 48.5 Å². The number of rotatable bonds is 2. The van der Waals surface area contributed by atoms with Gasteiger partial charge in [-0.25, -0.2) is 0 Å². The van der Waals surface area contributed by atoms with E-state index in [9.17, 15) is 23.1 Å². The van der Waals surface area contributed by atoms with Crippen LogP contribution in [0.25, 0.3) is 0 Å². The van der Waals surface area contributed by atoms with E-state index in [1.807, 2.05) is 0 Å². The Bertz CT molecular complexity index is 884. The van der Waals surface area contributed by atoms with Crippen LogP contribution in [-0.4, -0.2) is 33.6 Å². The van der Waals surface area contributed by atoms with Crippen LogP contribution in [0.15, 0.2) is 53.6 Å². The molecule has 3 rings (SSSR count). The lowest BCUT2D eigenvalue weighted by Crippen LogP contribution is -2.56. The first-order valence-electron chi connectivity index (χ1n) is 7.35. The van der Waals surface area contributed by atoms with Crippen LogP contribution in [0.1, 0.15) is 22.3 Å². The van der Waals surface area contributed by atoms with Gasteiger partial charge in [0, 0.05) is 5.02 Å². The topological polar surface area (TPSA) is 52.9 Å². The number of carbonyl (C=O) groups is 1. The molecule has 0 aliphatic carbocycles. The Morgan fingerprint density at radius 2 is 1.73 bits per heavy atom. The van der Waals surface area contributed by atoms with Gasteiger partial charge in [0.15, 0.2) is 0 Å². The van der Waals surface area contributed by atoms with Crippen LogP contribution < -0.4 is 0 Å². The van der Waals surface area contributed by atoms with Gasteiger partial charge in [0.05, 0.1) is 22.7 Å². The first kappa shape index (κ1) is 18.7. The maximum absolute atomic E-state index is 13.6. The Hall–Kier alpha value is -2.09. The third-order valence-corrected chi connectivity index (χ3v) is 4.49. The number of benzene rings is 2. The maximum Gasteiger partial charge on any atom is 0.438 e. The molecule has 0 aromatic heterocycles. The zero-order chi connectivity index (χ0) is 19.1. The minimum Gasteiger partial charge on any atom is -0.362 e. The maximum atomic E-state index is 13.6. The van der Waals surface area contributed by atoms with Crippen molar-refractivity contribution in [2.75, 3.05) is 0 Å². The highest BCUT2D eigenvalue weighted by Gasteiger charge is 2.63. The fraction of sp³-hybridized carbons (Fsp3) is 0.176. The predicted molar refractivity (Wildman–Crippen MR) is 91.2 cm³/mol. The van der Waals surface area contributed by atoms with Crippen LogP contribution >= 0.6 is 23.2 Å². The second-order valence-electron chi connectivity index (χ2n) is 5.64. The number of halogens is 5. The predicted octanol–water partition coefficient (Wildman–Crippen LogP) is 4.49. The van der Waals surface area contributed by atoms with E-state index in [2.05, 4.69) is 5.10 Å². The summed E-state index contributed by atoms with van der Waals surface area (Å²) in [6.07, 6.45) is -6.03. The minimum absolute atomic E-state index is 0.0398. The first-order valence-corrected chi connectivity index (χ1v) is 8.11. The number of hydrogen-bond acceptors (Lipinski definition) is 3. The molecule has 1 aliphatic rings. The molecule has 0 fully saturated rings. The normalized spacial score (nSPS) is 20.2. The van der Waals surface area contributed by atoms with Crippen LogP contribution in [0, 0.1) is 0 Å². The summed E-state index contributed by atoms with van der Waals surface area (Å²) in [6, 6.07) is 11.5. The molecule has 0 radical (unpaired) electrons. The van der Waals surface area contributed by atoms with E-state index in [0.29, 0.717) is 10.6 Å². The smallest absolute Gasteiger partial charge is 0.362 e. The Labute approximate surface area is 156 Å². The van der Waals surface area contributed by atoms with Gasteiger partial charge in [0.25, 0.3) is 11.6 Å². The lowest BCUT2D eigenvalue weighted by atomic mass is 10.0. The zero-order valence-electron chi connectivity index (χ0n) is 13.0. The van der Waals surface area contributed by atoms with Gasteiger partial charge in [-0.15, -0.1) is 0 Å². The second-order valence-corrected chi connectivity index (χ2v) is 6.49. The quantitative estimate of drug-likeness (QED) is 0.803. The van der Waals surface area contributed by atoms with E-state index < -0.39 is 24.2 Å². The van der Waals surface area contributed by atoms with Crippen LogP contribution in [0.2, 0.25) is 10.0 Å². The third kappa shape index (κ3) is 3.18. The summed E-state index contributed by atoms with van der Waals surface area (Å²) in [5, 5.41) is 14.4. The molecule has 1 atom stereocenters. The van der Waals surface area contributed by atoms with Gasteiger partial charge in [0.1, 0.15) is 0 Å². The minimum atomic E-state index is -5.12. The highest BCUT2D eigenvalue weighted by Crippen LogP contribution is 2.42. The van der Waals surface area contributed by atoms with Crippen LogP contribution in [0.3, 0.4) is 0 Å². The molecular weight excluding hydrogens is 392 g/mol. The van der Waals surface area contributed by atoms with Crippen molar-refractivity contribution in [1.82, 2.24) is 5.01 Å². The molecule has 1 N–H and O–H groups in total. The highest BCUT2D eigenvalue weighted by atomic mass is 35.5. The zero-order valence-corrected chi connectivity index (χ0v) is 14.5. The fourth-order valence-corrected chi connectivity index (χ4v) is 2.87. The molecule has 26 heavy (non-hydrogen) atoms. The van der Waals surface area contributed by atoms with Crippen molar-refractivity contribution in [2.45, 2.75) is 18.3 Å². The van der Waals surface area contributed by atoms with Gasteiger partial charge < -0.3 is 5.11 Å². The van der Waals surface area contributed by atoms with Crippen LogP contribution in [0.4, 0.5) is 13.2 Å². The molecule has 136 valence electrons.